The summed E-state index contributed by atoms with van der Waals surface area (Å²) in [4.78, 5) is 10.7. The Morgan fingerprint density at radius 3 is 2.58 bits per heavy atom. The molecule has 0 aliphatic carbocycles. The van der Waals surface area contributed by atoms with E-state index in [1.54, 1.807) is 30.5 Å². The van der Waals surface area contributed by atoms with Crippen molar-refractivity contribution in [2.24, 2.45) is 5.41 Å². The van der Waals surface area contributed by atoms with E-state index in [4.69, 9.17) is 4.74 Å². The first-order valence-electron chi connectivity index (χ1n) is 8.81. The smallest absolute Gasteiger partial charge is 0.175 e. The van der Waals surface area contributed by atoms with Crippen molar-refractivity contribution >= 4 is 9.84 Å². The van der Waals surface area contributed by atoms with E-state index in [1.807, 2.05) is 0 Å². The minimum atomic E-state index is -3.19. The minimum Gasteiger partial charge on any atom is -0.378 e. The number of nitrogens with zero attached hydrogens (tertiary/aromatic N) is 2. The molecule has 1 N–H and O–H groups in total. The number of nitrogens with one attached hydrogen (secondary N) is 1. The Morgan fingerprint density at radius 2 is 1.96 bits per heavy atom. The molecule has 1 atom stereocenters. The molecule has 0 spiro atoms. The van der Waals surface area contributed by atoms with Gasteiger partial charge in [-0.05, 0) is 23.1 Å². The maximum absolute atomic E-state index is 11.6. The maximum Gasteiger partial charge on any atom is 0.175 e. The molecule has 6 nitrogen and oxygen atoms in total. The van der Waals surface area contributed by atoms with Crippen LogP contribution in [0.4, 0.5) is 0 Å². The largest absolute Gasteiger partial charge is 0.378 e. The molecule has 0 saturated carbocycles. The SMILES string of the molecule is CC(C)(C)CN1CCOC[C@H]1c1ncc(-c2ccc(S(C)(=O)=O)cc2)[nH]1. The quantitative estimate of drug-likeness (QED) is 0.887. The molecular formula is C19H27N3O3S. The van der Waals surface area contributed by atoms with E-state index >= 15 is 0 Å². The number of imidazole rings is 1. The highest BCUT2D eigenvalue weighted by Crippen LogP contribution is 2.28. The molecule has 1 aromatic heterocycles. The van der Waals surface area contributed by atoms with Gasteiger partial charge in [0.2, 0.25) is 0 Å². The van der Waals surface area contributed by atoms with Crippen molar-refractivity contribution in [2.75, 3.05) is 32.6 Å². The van der Waals surface area contributed by atoms with Crippen LogP contribution < -0.4 is 0 Å². The summed E-state index contributed by atoms with van der Waals surface area (Å²) < 4.78 is 28.9. The maximum atomic E-state index is 11.6. The highest BCUT2D eigenvalue weighted by molar-refractivity contribution is 7.90. The summed E-state index contributed by atoms with van der Waals surface area (Å²) in [5, 5.41) is 0. The molecule has 1 fully saturated rings. The predicted octanol–water partition coefficient (Wildman–Crippen LogP) is 2.90. The summed E-state index contributed by atoms with van der Waals surface area (Å²) in [5.74, 6) is 0.885. The van der Waals surface area contributed by atoms with E-state index in [1.165, 1.54) is 6.26 Å². The molecule has 7 heteroatoms. The van der Waals surface area contributed by atoms with E-state index in [0.29, 0.717) is 11.5 Å². The van der Waals surface area contributed by atoms with Crippen molar-refractivity contribution in [1.29, 1.82) is 0 Å². The van der Waals surface area contributed by atoms with Crippen LogP contribution in [0, 0.1) is 5.41 Å². The lowest BCUT2D eigenvalue weighted by molar-refractivity contribution is -0.0246. The van der Waals surface area contributed by atoms with Crippen LogP contribution in [0.15, 0.2) is 35.4 Å². The molecule has 1 saturated heterocycles. The number of rotatable bonds is 4. The topological polar surface area (TPSA) is 75.3 Å². The van der Waals surface area contributed by atoms with Crippen molar-refractivity contribution in [2.45, 2.75) is 31.7 Å². The third kappa shape index (κ3) is 4.52. The summed E-state index contributed by atoms with van der Waals surface area (Å²) in [6, 6.07) is 6.96. The standard InChI is InChI=1S/C19H27N3O3S/c1-19(2,3)13-22-9-10-25-12-17(22)18-20-11-16(21-18)14-5-7-15(8-6-14)26(4,23)24/h5-8,11,17H,9-10,12-13H2,1-4H3,(H,20,21)/t17-/m0/s1. The van der Waals surface area contributed by atoms with Crippen molar-refractivity contribution in [1.82, 2.24) is 14.9 Å². The first kappa shape index (κ1) is 19.1. The number of hydrogen-bond acceptors (Lipinski definition) is 5. The lowest BCUT2D eigenvalue weighted by Crippen LogP contribution is -2.44. The van der Waals surface area contributed by atoms with Crippen molar-refractivity contribution in [3.05, 3.63) is 36.3 Å². The zero-order valence-electron chi connectivity index (χ0n) is 15.8. The second kappa shape index (κ2) is 7.13. The summed E-state index contributed by atoms with van der Waals surface area (Å²) >= 11 is 0. The van der Waals surface area contributed by atoms with E-state index < -0.39 is 9.84 Å². The first-order valence-corrected chi connectivity index (χ1v) is 10.7. The summed E-state index contributed by atoms with van der Waals surface area (Å²) in [5.41, 5.74) is 1.99. The van der Waals surface area contributed by atoms with E-state index in [0.717, 1.165) is 36.8 Å². The molecule has 0 bridgehead atoms. The molecule has 26 heavy (non-hydrogen) atoms. The second-order valence-electron chi connectivity index (χ2n) is 8.10. The van der Waals surface area contributed by atoms with Gasteiger partial charge in [0.1, 0.15) is 5.82 Å². The fourth-order valence-corrected chi connectivity index (χ4v) is 3.85. The highest BCUT2D eigenvalue weighted by Gasteiger charge is 2.30. The Labute approximate surface area is 155 Å². The Kier molecular flexibility index (Phi) is 5.23. The van der Waals surface area contributed by atoms with Gasteiger partial charge < -0.3 is 9.72 Å². The fraction of sp³-hybridized carbons (Fsp3) is 0.526. The summed E-state index contributed by atoms with van der Waals surface area (Å²) in [6.07, 6.45) is 3.01. The molecule has 1 aliphatic rings. The van der Waals surface area contributed by atoms with Gasteiger partial charge in [0.05, 0.1) is 36.0 Å². The van der Waals surface area contributed by atoms with E-state index in [9.17, 15) is 8.42 Å². The molecule has 2 heterocycles. The molecule has 0 radical (unpaired) electrons. The number of benzene rings is 1. The van der Waals surface area contributed by atoms with Gasteiger partial charge in [0, 0.05) is 19.3 Å². The third-order valence-corrected chi connectivity index (χ3v) is 5.55. The van der Waals surface area contributed by atoms with Crippen LogP contribution in [0.3, 0.4) is 0 Å². The molecule has 1 aliphatic heterocycles. The molecule has 142 valence electrons. The van der Waals surface area contributed by atoms with E-state index in [2.05, 4.69) is 35.6 Å². The molecule has 0 amide bonds. The minimum absolute atomic E-state index is 0.104. The number of morpholine rings is 1. The Morgan fingerprint density at radius 1 is 1.27 bits per heavy atom. The number of H-pyrrole nitrogens is 1. The molecule has 1 aromatic carbocycles. The van der Waals surface area contributed by atoms with Crippen LogP contribution >= 0.6 is 0 Å². The van der Waals surface area contributed by atoms with Crippen LogP contribution in [-0.2, 0) is 14.6 Å². The summed E-state index contributed by atoms with van der Waals surface area (Å²) in [7, 11) is -3.19. The van der Waals surface area contributed by atoms with Crippen LogP contribution in [0.25, 0.3) is 11.3 Å². The average molecular weight is 378 g/mol. The molecular weight excluding hydrogens is 350 g/mol. The van der Waals surface area contributed by atoms with Crippen LogP contribution in [0.1, 0.15) is 32.6 Å². The van der Waals surface area contributed by atoms with Gasteiger partial charge in [-0.1, -0.05) is 32.9 Å². The van der Waals surface area contributed by atoms with Gasteiger partial charge in [-0.15, -0.1) is 0 Å². The molecule has 0 unspecified atom stereocenters. The second-order valence-corrected chi connectivity index (χ2v) is 10.1. The third-order valence-electron chi connectivity index (χ3n) is 4.42. The van der Waals surface area contributed by atoms with Gasteiger partial charge in [0.15, 0.2) is 9.84 Å². The van der Waals surface area contributed by atoms with Crippen molar-refractivity contribution < 1.29 is 13.2 Å². The Hall–Kier alpha value is -1.70. The molecule has 3 rings (SSSR count). The van der Waals surface area contributed by atoms with Gasteiger partial charge in [-0.3, -0.25) is 4.90 Å². The number of aromatic amines is 1. The number of hydrogen-bond donors (Lipinski definition) is 1. The average Bonchev–Trinajstić information content (AvgIpc) is 3.03. The lowest BCUT2D eigenvalue weighted by Gasteiger charge is -2.38. The number of sulfone groups is 1. The van der Waals surface area contributed by atoms with Gasteiger partial charge in [-0.25, -0.2) is 13.4 Å². The van der Waals surface area contributed by atoms with Crippen molar-refractivity contribution in [3.63, 3.8) is 0 Å². The Balaban J connectivity index is 1.82. The highest BCUT2D eigenvalue weighted by atomic mass is 32.2. The van der Waals surface area contributed by atoms with E-state index in [-0.39, 0.29) is 11.5 Å². The lowest BCUT2D eigenvalue weighted by atomic mass is 9.95. The normalized spacial score (nSPS) is 19.6. The fourth-order valence-electron chi connectivity index (χ4n) is 3.22. The molecule has 2 aromatic rings. The van der Waals surface area contributed by atoms with Gasteiger partial charge in [0.25, 0.3) is 0 Å². The van der Waals surface area contributed by atoms with Crippen LogP contribution in [-0.4, -0.2) is 55.8 Å². The van der Waals surface area contributed by atoms with Crippen molar-refractivity contribution in [3.8, 4) is 11.3 Å². The van der Waals surface area contributed by atoms with Gasteiger partial charge in [-0.2, -0.15) is 0 Å². The zero-order valence-corrected chi connectivity index (χ0v) is 16.6. The van der Waals surface area contributed by atoms with Crippen LogP contribution in [0.2, 0.25) is 0 Å². The Bertz CT molecular complexity index is 851. The zero-order chi connectivity index (χ0) is 18.9. The summed E-state index contributed by atoms with van der Waals surface area (Å²) in [6.45, 7) is 9.92. The first-order chi connectivity index (χ1) is 12.1. The van der Waals surface area contributed by atoms with Crippen LogP contribution in [0.5, 0.6) is 0 Å². The predicted molar refractivity (Wildman–Crippen MR) is 102 cm³/mol. The number of aromatic nitrogens is 2. The van der Waals surface area contributed by atoms with Gasteiger partial charge >= 0.3 is 0 Å². The monoisotopic (exact) mass is 377 g/mol. The number of ether oxygens (including phenoxy) is 1.